The maximum absolute atomic E-state index is 12.8. The lowest BCUT2D eigenvalue weighted by Crippen LogP contribution is -2.54. The second-order valence-corrected chi connectivity index (χ2v) is 7.11. The minimum atomic E-state index is -0.0400. The van der Waals surface area contributed by atoms with Crippen LogP contribution in [0.2, 0.25) is 0 Å². The highest BCUT2D eigenvalue weighted by atomic mass is 32.1. The van der Waals surface area contributed by atoms with Crippen LogP contribution in [0.3, 0.4) is 0 Å². The Hall–Kier alpha value is -2.16. The van der Waals surface area contributed by atoms with Gasteiger partial charge in [0.15, 0.2) is 4.96 Å². The SMILES string of the molecule is O=C(c1cn2ccsc2n1)N1CCN(Cc2ccoc2)[C@H](CCO)C1. The molecule has 3 aromatic rings. The molecule has 0 aromatic carbocycles. The van der Waals surface area contributed by atoms with Crippen LogP contribution in [0.25, 0.3) is 4.96 Å². The first-order valence-electron chi connectivity index (χ1n) is 8.32. The van der Waals surface area contributed by atoms with Crippen molar-refractivity contribution < 1.29 is 14.3 Å². The number of nitrogens with zero attached hydrogens (tertiary/aromatic N) is 4. The summed E-state index contributed by atoms with van der Waals surface area (Å²) in [6.45, 7) is 2.90. The van der Waals surface area contributed by atoms with Crippen molar-refractivity contribution in [3.05, 3.63) is 47.6 Å². The van der Waals surface area contributed by atoms with Crippen molar-refractivity contribution in [1.29, 1.82) is 0 Å². The van der Waals surface area contributed by atoms with E-state index in [4.69, 9.17) is 4.42 Å². The Labute approximate surface area is 149 Å². The number of hydrogen-bond donors (Lipinski definition) is 1. The van der Waals surface area contributed by atoms with E-state index in [-0.39, 0.29) is 18.6 Å². The summed E-state index contributed by atoms with van der Waals surface area (Å²) in [6, 6.07) is 2.08. The van der Waals surface area contributed by atoms with Gasteiger partial charge in [-0.3, -0.25) is 14.1 Å². The van der Waals surface area contributed by atoms with Crippen molar-refractivity contribution in [2.24, 2.45) is 0 Å². The minimum absolute atomic E-state index is 0.0400. The van der Waals surface area contributed by atoms with E-state index in [1.54, 1.807) is 18.7 Å². The summed E-state index contributed by atoms with van der Waals surface area (Å²) in [5, 5.41) is 11.4. The Kier molecular flexibility index (Phi) is 4.56. The first kappa shape index (κ1) is 16.3. The van der Waals surface area contributed by atoms with Gasteiger partial charge in [-0.2, -0.15) is 0 Å². The molecule has 0 radical (unpaired) electrons. The number of imidazole rings is 1. The van der Waals surface area contributed by atoms with Gasteiger partial charge in [0.05, 0.1) is 12.5 Å². The highest BCUT2D eigenvalue weighted by molar-refractivity contribution is 7.15. The number of carbonyl (C=O) groups is 1. The van der Waals surface area contributed by atoms with E-state index in [2.05, 4.69) is 9.88 Å². The van der Waals surface area contributed by atoms with Gasteiger partial charge >= 0.3 is 0 Å². The zero-order valence-electron chi connectivity index (χ0n) is 13.7. The van der Waals surface area contributed by atoms with Gasteiger partial charge in [0.25, 0.3) is 5.91 Å². The van der Waals surface area contributed by atoms with Gasteiger partial charge in [0, 0.05) is 62.2 Å². The molecule has 1 atom stereocenters. The smallest absolute Gasteiger partial charge is 0.274 e. The summed E-state index contributed by atoms with van der Waals surface area (Å²) in [5.74, 6) is -0.0400. The maximum Gasteiger partial charge on any atom is 0.274 e. The fourth-order valence-electron chi connectivity index (χ4n) is 3.32. The molecule has 1 aliphatic heterocycles. The van der Waals surface area contributed by atoms with Crippen LogP contribution in [0, 0.1) is 0 Å². The molecule has 0 bridgehead atoms. The summed E-state index contributed by atoms with van der Waals surface area (Å²) < 4.78 is 7.01. The molecule has 1 aliphatic rings. The molecule has 0 aliphatic carbocycles. The van der Waals surface area contributed by atoms with Crippen molar-refractivity contribution in [3.63, 3.8) is 0 Å². The van der Waals surface area contributed by atoms with E-state index < -0.39 is 0 Å². The Bertz CT molecular complexity index is 813. The summed E-state index contributed by atoms with van der Waals surface area (Å²) in [6.07, 6.45) is 7.74. The van der Waals surface area contributed by atoms with Gasteiger partial charge in [-0.15, -0.1) is 11.3 Å². The van der Waals surface area contributed by atoms with Crippen molar-refractivity contribution in [1.82, 2.24) is 19.2 Å². The van der Waals surface area contributed by atoms with Gasteiger partial charge < -0.3 is 14.4 Å². The Morgan fingerprint density at radius 1 is 1.44 bits per heavy atom. The van der Waals surface area contributed by atoms with Crippen LogP contribution in [0.4, 0.5) is 0 Å². The van der Waals surface area contributed by atoms with Crippen LogP contribution in [0.1, 0.15) is 22.5 Å². The molecule has 1 N–H and O–H groups in total. The third kappa shape index (κ3) is 3.33. The first-order valence-corrected chi connectivity index (χ1v) is 9.20. The molecule has 0 spiro atoms. The zero-order chi connectivity index (χ0) is 17.2. The summed E-state index contributed by atoms with van der Waals surface area (Å²) in [7, 11) is 0. The molecule has 0 saturated carbocycles. The van der Waals surface area contributed by atoms with E-state index in [1.807, 2.05) is 26.9 Å². The largest absolute Gasteiger partial charge is 0.472 e. The van der Waals surface area contributed by atoms with Gasteiger partial charge in [0.1, 0.15) is 5.69 Å². The van der Waals surface area contributed by atoms with Crippen molar-refractivity contribution in [3.8, 4) is 0 Å². The van der Waals surface area contributed by atoms with E-state index in [9.17, 15) is 9.90 Å². The molecule has 1 saturated heterocycles. The molecular formula is C17H20N4O3S. The Morgan fingerprint density at radius 2 is 2.36 bits per heavy atom. The quantitative estimate of drug-likeness (QED) is 0.750. The average Bonchev–Trinajstić information content (AvgIpc) is 3.33. The highest BCUT2D eigenvalue weighted by Gasteiger charge is 2.30. The normalized spacial score (nSPS) is 18.9. The van der Waals surface area contributed by atoms with Gasteiger partial charge in [-0.25, -0.2) is 4.98 Å². The molecule has 4 heterocycles. The lowest BCUT2D eigenvalue weighted by atomic mass is 10.1. The summed E-state index contributed by atoms with van der Waals surface area (Å²) in [4.78, 5) is 22.2. The number of hydrogen-bond acceptors (Lipinski definition) is 6. The Morgan fingerprint density at radius 3 is 3.12 bits per heavy atom. The molecule has 132 valence electrons. The van der Waals surface area contributed by atoms with Crippen LogP contribution >= 0.6 is 11.3 Å². The maximum atomic E-state index is 12.8. The minimum Gasteiger partial charge on any atom is -0.472 e. The van der Waals surface area contributed by atoms with Crippen LogP contribution < -0.4 is 0 Å². The number of aliphatic hydroxyl groups is 1. The van der Waals surface area contributed by atoms with Crippen LogP contribution in [0.15, 0.2) is 40.8 Å². The fraction of sp³-hybridized carbons (Fsp3) is 0.412. The van der Waals surface area contributed by atoms with E-state index in [0.29, 0.717) is 25.2 Å². The number of amides is 1. The number of aromatic nitrogens is 2. The molecule has 1 fully saturated rings. The second-order valence-electron chi connectivity index (χ2n) is 6.24. The van der Waals surface area contributed by atoms with Crippen molar-refractivity contribution in [2.75, 3.05) is 26.2 Å². The predicted molar refractivity (Wildman–Crippen MR) is 93.6 cm³/mol. The number of aliphatic hydroxyl groups excluding tert-OH is 1. The van der Waals surface area contributed by atoms with Crippen LogP contribution in [-0.2, 0) is 6.54 Å². The number of piperazine rings is 1. The van der Waals surface area contributed by atoms with Gasteiger partial charge in [-0.1, -0.05) is 0 Å². The molecule has 8 heteroatoms. The molecule has 7 nitrogen and oxygen atoms in total. The third-order valence-corrected chi connectivity index (χ3v) is 5.40. The highest BCUT2D eigenvalue weighted by Crippen LogP contribution is 2.19. The zero-order valence-corrected chi connectivity index (χ0v) is 14.6. The number of thiazole rings is 1. The van der Waals surface area contributed by atoms with Crippen molar-refractivity contribution >= 4 is 22.2 Å². The predicted octanol–water partition coefficient (Wildman–Crippen LogP) is 1.70. The van der Waals surface area contributed by atoms with Crippen LogP contribution in [0.5, 0.6) is 0 Å². The molecule has 4 rings (SSSR count). The van der Waals surface area contributed by atoms with E-state index in [1.165, 1.54) is 11.3 Å². The van der Waals surface area contributed by atoms with E-state index in [0.717, 1.165) is 23.6 Å². The second kappa shape index (κ2) is 6.99. The standard InChI is InChI=1S/C17H20N4O3S/c22-6-1-14-10-20(4-3-19(14)9-13-2-7-24-12-13)16(23)15-11-21-5-8-25-17(21)18-15/h2,5,7-8,11-12,14,22H,1,3-4,6,9-10H2/t14-/m1/s1. The Balaban J connectivity index is 1.46. The first-order chi connectivity index (χ1) is 12.2. The summed E-state index contributed by atoms with van der Waals surface area (Å²) >= 11 is 1.51. The number of furan rings is 1. The molecule has 1 amide bonds. The number of carbonyl (C=O) groups excluding carboxylic acids is 1. The van der Waals surface area contributed by atoms with E-state index >= 15 is 0 Å². The van der Waals surface area contributed by atoms with Gasteiger partial charge in [-0.05, 0) is 12.5 Å². The number of fused-ring (bicyclic) bond motifs is 1. The molecule has 25 heavy (non-hydrogen) atoms. The molecular weight excluding hydrogens is 340 g/mol. The third-order valence-electron chi connectivity index (χ3n) is 4.63. The molecule has 3 aromatic heterocycles. The van der Waals surface area contributed by atoms with Crippen LogP contribution in [-0.4, -0.2) is 62.5 Å². The van der Waals surface area contributed by atoms with Crippen molar-refractivity contribution in [2.45, 2.75) is 19.0 Å². The molecule has 0 unspecified atom stereocenters. The number of rotatable bonds is 5. The summed E-state index contributed by atoms with van der Waals surface area (Å²) in [5.41, 5.74) is 1.59. The lowest BCUT2D eigenvalue weighted by Gasteiger charge is -2.41. The van der Waals surface area contributed by atoms with Gasteiger partial charge in [0.2, 0.25) is 0 Å². The lowest BCUT2D eigenvalue weighted by molar-refractivity contribution is 0.0391. The monoisotopic (exact) mass is 360 g/mol. The topological polar surface area (TPSA) is 74.2 Å². The average molecular weight is 360 g/mol. The fourth-order valence-corrected chi connectivity index (χ4v) is 4.02.